The fourth-order valence-electron chi connectivity index (χ4n) is 3.28. The number of anilines is 2. The third-order valence-electron chi connectivity index (χ3n) is 4.64. The van der Waals surface area contributed by atoms with Crippen LogP contribution in [0.15, 0.2) is 61.1 Å². The number of nitrogens with zero attached hydrogens (tertiary/aromatic N) is 4. The summed E-state index contributed by atoms with van der Waals surface area (Å²) in [4.78, 5) is 12.5. The molecule has 2 aromatic heterocycles. The summed E-state index contributed by atoms with van der Waals surface area (Å²) in [6.45, 7) is 0.471. The zero-order valence-corrected chi connectivity index (χ0v) is 15.4. The lowest BCUT2D eigenvalue weighted by molar-refractivity contribution is 0.629. The number of nitriles is 1. The van der Waals surface area contributed by atoms with Gasteiger partial charge in [-0.2, -0.15) is 5.26 Å². The molecule has 0 saturated carbocycles. The van der Waals surface area contributed by atoms with Gasteiger partial charge in [0.05, 0.1) is 5.69 Å². The van der Waals surface area contributed by atoms with E-state index in [1.807, 2.05) is 36.4 Å². The normalized spacial score (nSPS) is 10.6. The molecule has 0 amide bonds. The lowest BCUT2D eigenvalue weighted by Gasteiger charge is -2.14. The molecule has 0 atom stereocenters. The summed E-state index contributed by atoms with van der Waals surface area (Å²) < 4.78 is 14.0. The highest BCUT2D eigenvalue weighted by atomic mass is 19.1. The van der Waals surface area contributed by atoms with Crippen LogP contribution >= 0.6 is 0 Å². The molecule has 6 nitrogen and oxygen atoms in total. The first-order valence-corrected chi connectivity index (χ1v) is 9.04. The van der Waals surface area contributed by atoms with Gasteiger partial charge in [-0.1, -0.05) is 30.3 Å². The van der Waals surface area contributed by atoms with Gasteiger partial charge in [0.15, 0.2) is 0 Å². The molecule has 0 fully saturated rings. The molecular weight excluding hydrogens is 367 g/mol. The number of nitrogen functional groups attached to an aromatic ring is 1. The molecule has 3 N–H and O–H groups in total. The zero-order chi connectivity index (χ0) is 20.2. The molecule has 29 heavy (non-hydrogen) atoms. The van der Waals surface area contributed by atoms with Gasteiger partial charge < -0.3 is 11.1 Å². The molecule has 0 aliphatic rings. The molecule has 2 heterocycles. The fraction of sp³-hybridized carbons (Fsp3) is 0.0909. The molecule has 0 unspecified atom stereocenters. The number of aromatic nitrogens is 3. The zero-order valence-electron chi connectivity index (χ0n) is 15.4. The van der Waals surface area contributed by atoms with Gasteiger partial charge in [-0.3, -0.25) is 4.98 Å². The number of hydrogen-bond acceptors (Lipinski definition) is 6. The molecule has 0 aliphatic carbocycles. The Labute approximate surface area is 166 Å². The van der Waals surface area contributed by atoms with E-state index in [1.54, 1.807) is 12.3 Å². The van der Waals surface area contributed by atoms with E-state index in [0.717, 1.165) is 27.6 Å². The van der Waals surface area contributed by atoms with Gasteiger partial charge >= 0.3 is 0 Å². The maximum Gasteiger partial charge on any atom is 0.149 e. The fourth-order valence-corrected chi connectivity index (χ4v) is 3.28. The van der Waals surface area contributed by atoms with Gasteiger partial charge in [0.1, 0.15) is 35.4 Å². The van der Waals surface area contributed by atoms with Crippen LogP contribution in [-0.2, 0) is 6.42 Å². The molecule has 4 aromatic rings. The molecule has 4 rings (SSSR count). The van der Waals surface area contributed by atoms with E-state index in [4.69, 9.17) is 5.73 Å². The third-order valence-corrected chi connectivity index (χ3v) is 4.64. The van der Waals surface area contributed by atoms with Crippen molar-refractivity contribution in [2.24, 2.45) is 0 Å². The van der Waals surface area contributed by atoms with E-state index in [1.165, 1.54) is 18.5 Å². The minimum Gasteiger partial charge on any atom is -0.382 e. The summed E-state index contributed by atoms with van der Waals surface area (Å²) in [5.41, 5.74) is 8.63. The van der Waals surface area contributed by atoms with Crippen LogP contribution < -0.4 is 11.1 Å². The maximum atomic E-state index is 14.0. The van der Waals surface area contributed by atoms with Gasteiger partial charge in [-0.15, -0.1) is 0 Å². The van der Waals surface area contributed by atoms with Crippen LogP contribution in [0.4, 0.5) is 16.0 Å². The quantitative estimate of drug-likeness (QED) is 0.541. The Bertz CT molecular complexity index is 1220. The third kappa shape index (κ3) is 3.69. The number of benzene rings is 2. The van der Waals surface area contributed by atoms with Crippen LogP contribution in [0.3, 0.4) is 0 Å². The number of rotatable bonds is 5. The predicted octanol–water partition coefficient (Wildman–Crippen LogP) is 3.94. The topological polar surface area (TPSA) is 101 Å². The van der Waals surface area contributed by atoms with Gasteiger partial charge in [-0.05, 0) is 29.1 Å². The molecule has 7 heteroatoms. The average molecular weight is 384 g/mol. The average Bonchev–Trinajstić information content (AvgIpc) is 2.74. The summed E-state index contributed by atoms with van der Waals surface area (Å²) in [6.07, 6.45) is 3.61. The van der Waals surface area contributed by atoms with E-state index in [-0.39, 0.29) is 17.2 Å². The van der Waals surface area contributed by atoms with Crippen molar-refractivity contribution in [2.45, 2.75) is 6.42 Å². The Morgan fingerprint density at radius 2 is 1.90 bits per heavy atom. The highest BCUT2D eigenvalue weighted by Gasteiger charge is 2.13. The number of fused-ring (bicyclic) bond motifs is 1. The standard InChI is InChI=1S/C22H17FN6/c23-16-7-6-15-12-27-19(20(17(15)10-16)14-4-2-1-3-5-14)8-9-26-22-18(11-24)21(25)28-13-29-22/h1-7,10,12-13H,8-9H2,(H3,25,26,28,29). The second-order valence-corrected chi connectivity index (χ2v) is 6.45. The summed E-state index contributed by atoms with van der Waals surface area (Å²) in [5, 5.41) is 14.1. The van der Waals surface area contributed by atoms with Crippen molar-refractivity contribution in [3.8, 4) is 17.2 Å². The highest BCUT2D eigenvalue weighted by molar-refractivity contribution is 5.97. The van der Waals surface area contributed by atoms with Crippen LogP contribution in [0.5, 0.6) is 0 Å². The summed E-state index contributed by atoms with van der Waals surface area (Å²) in [6, 6.07) is 16.5. The number of hydrogen-bond donors (Lipinski definition) is 2. The SMILES string of the molecule is N#Cc1c(N)ncnc1NCCc1ncc2ccc(F)cc2c1-c1ccccc1. The number of pyridine rings is 1. The van der Waals surface area contributed by atoms with Crippen LogP contribution in [0.25, 0.3) is 21.9 Å². The van der Waals surface area contributed by atoms with Crippen molar-refractivity contribution < 1.29 is 4.39 Å². The van der Waals surface area contributed by atoms with Crippen molar-refractivity contribution in [2.75, 3.05) is 17.6 Å². The van der Waals surface area contributed by atoms with Gasteiger partial charge in [0.2, 0.25) is 0 Å². The highest BCUT2D eigenvalue weighted by Crippen LogP contribution is 2.31. The van der Waals surface area contributed by atoms with Gasteiger partial charge in [0, 0.05) is 30.1 Å². The molecule has 0 bridgehead atoms. The largest absolute Gasteiger partial charge is 0.382 e. The minimum absolute atomic E-state index is 0.134. The maximum absolute atomic E-state index is 14.0. The molecular formula is C22H17FN6. The molecule has 142 valence electrons. The van der Waals surface area contributed by atoms with Crippen molar-refractivity contribution in [3.63, 3.8) is 0 Å². The first-order chi connectivity index (χ1) is 14.2. The smallest absolute Gasteiger partial charge is 0.149 e. The number of halogens is 1. The molecule has 0 aliphatic heterocycles. The summed E-state index contributed by atoms with van der Waals surface area (Å²) in [7, 11) is 0. The molecule has 0 saturated heterocycles. The van der Waals surface area contributed by atoms with Crippen molar-refractivity contribution in [3.05, 3.63) is 78.1 Å². The second-order valence-electron chi connectivity index (χ2n) is 6.45. The van der Waals surface area contributed by atoms with Crippen LogP contribution in [-0.4, -0.2) is 21.5 Å². The van der Waals surface area contributed by atoms with E-state index in [2.05, 4.69) is 20.3 Å². The monoisotopic (exact) mass is 384 g/mol. The Morgan fingerprint density at radius 1 is 1.07 bits per heavy atom. The van der Waals surface area contributed by atoms with Crippen molar-refractivity contribution in [1.82, 2.24) is 15.0 Å². The van der Waals surface area contributed by atoms with E-state index in [0.29, 0.717) is 18.8 Å². The summed E-state index contributed by atoms with van der Waals surface area (Å²) in [5.74, 6) is 0.224. The molecule has 0 spiro atoms. The molecule has 2 aromatic carbocycles. The van der Waals surface area contributed by atoms with Crippen molar-refractivity contribution in [1.29, 1.82) is 5.26 Å². The number of nitrogens with one attached hydrogen (secondary N) is 1. The predicted molar refractivity (Wildman–Crippen MR) is 110 cm³/mol. The Balaban J connectivity index is 1.69. The lowest BCUT2D eigenvalue weighted by Crippen LogP contribution is -2.11. The van der Waals surface area contributed by atoms with Crippen LogP contribution in [0.1, 0.15) is 11.3 Å². The molecule has 0 radical (unpaired) electrons. The van der Waals surface area contributed by atoms with Crippen LogP contribution in [0, 0.1) is 17.1 Å². The van der Waals surface area contributed by atoms with E-state index >= 15 is 0 Å². The van der Waals surface area contributed by atoms with E-state index < -0.39 is 0 Å². The first kappa shape index (κ1) is 18.3. The first-order valence-electron chi connectivity index (χ1n) is 9.04. The van der Waals surface area contributed by atoms with Gasteiger partial charge in [-0.25, -0.2) is 14.4 Å². The number of nitrogens with two attached hydrogens (primary N) is 1. The Morgan fingerprint density at radius 3 is 2.69 bits per heavy atom. The Kier molecular flexibility index (Phi) is 4.99. The van der Waals surface area contributed by atoms with Crippen molar-refractivity contribution >= 4 is 22.4 Å². The minimum atomic E-state index is -0.292. The van der Waals surface area contributed by atoms with Gasteiger partial charge in [0.25, 0.3) is 0 Å². The summed E-state index contributed by atoms with van der Waals surface area (Å²) >= 11 is 0. The second kappa shape index (κ2) is 7.90. The lowest BCUT2D eigenvalue weighted by atomic mass is 9.96. The Hall–Kier alpha value is -4.05. The van der Waals surface area contributed by atoms with E-state index in [9.17, 15) is 9.65 Å². The van der Waals surface area contributed by atoms with Crippen LogP contribution in [0.2, 0.25) is 0 Å².